The summed E-state index contributed by atoms with van der Waals surface area (Å²) >= 11 is 0. The summed E-state index contributed by atoms with van der Waals surface area (Å²) in [4.78, 5) is 1.75. The minimum atomic E-state index is -0.469. The Morgan fingerprint density at radius 1 is 1.58 bits per heavy atom. The fraction of sp³-hybridized carbons (Fsp3) is 0.857. The van der Waals surface area contributed by atoms with Crippen molar-refractivity contribution in [2.24, 2.45) is 0 Å². The SMILES string of the molecule is CNCN(C)C(=N)C1OCCO1. The van der Waals surface area contributed by atoms with Crippen molar-refractivity contribution < 1.29 is 9.47 Å². The van der Waals surface area contributed by atoms with Crippen LogP contribution < -0.4 is 5.32 Å². The normalized spacial score (nSPS) is 18.2. The minimum absolute atomic E-state index is 0.363. The summed E-state index contributed by atoms with van der Waals surface area (Å²) in [5, 5.41) is 10.6. The number of rotatable bonds is 3. The first-order valence-electron chi connectivity index (χ1n) is 3.93. The summed E-state index contributed by atoms with van der Waals surface area (Å²) < 4.78 is 10.3. The molecule has 0 unspecified atom stereocenters. The molecule has 0 atom stereocenters. The van der Waals surface area contributed by atoms with Crippen LogP contribution in [0.2, 0.25) is 0 Å². The van der Waals surface area contributed by atoms with Crippen molar-refractivity contribution in [1.29, 1.82) is 5.41 Å². The molecule has 0 aromatic heterocycles. The van der Waals surface area contributed by atoms with Crippen molar-refractivity contribution in [1.82, 2.24) is 10.2 Å². The largest absolute Gasteiger partial charge is 0.347 e. The van der Waals surface area contributed by atoms with E-state index in [9.17, 15) is 0 Å². The third-order valence-electron chi connectivity index (χ3n) is 1.65. The number of nitrogens with zero attached hydrogens (tertiary/aromatic N) is 1. The van der Waals surface area contributed by atoms with E-state index in [0.29, 0.717) is 25.7 Å². The van der Waals surface area contributed by atoms with E-state index in [1.54, 1.807) is 4.90 Å². The molecule has 1 heterocycles. The topological polar surface area (TPSA) is 57.6 Å². The first-order chi connectivity index (χ1) is 5.75. The van der Waals surface area contributed by atoms with Crippen LogP contribution in [0, 0.1) is 5.41 Å². The molecule has 1 fully saturated rings. The molecule has 1 aliphatic rings. The van der Waals surface area contributed by atoms with Gasteiger partial charge in [-0.3, -0.25) is 5.41 Å². The summed E-state index contributed by atoms with van der Waals surface area (Å²) in [6.07, 6.45) is -0.469. The monoisotopic (exact) mass is 173 g/mol. The lowest BCUT2D eigenvalue weighted by Crippen LogP contribution is -2.40. The zero-order valence-electron chi connectivity index (χ0n) is 7.46. The zero-order chi connectivity index (χ0) is 8.97. The first kappa shape index (κ1) is 9.44. The van der Waals surface area contributed by atoms with Gasteiger partial charge in [0.2, 0.25) is 6.29 Å². The lowest BCUT2D eigenvalue weighted by Gasteiger charge is -2.22. The zero-order valence-corrected chi connectivity index (χ0v) is 7.46. The Morgan fingerprint density at radius 3 is 2.67 bits per heavy atom. The van der Waals surface area contributed by atoms with Crippen molar-refractivity contribution in [2.45, 2.75) is 6.29 Å². The van der Waals surface area contributed by atoms with Gasteiger partial charge in [0.05, 0.1) is 19.9 Å². The average molecular weight is 173 g/mol. The molecule has 0 aliphatic carbocycles. The molecule has 0 bridgehead atoms. The molecule has 0 spiro atoms. The number of likely N-dealkylation sites (N-methyl/N-ethyl adjacent to an activating group) is 1. The Balaban J connectivity index is 2.34. The second-order valence-corrected chi connectivity index (χ2v) is 2.67. The van der Waals surface area contributed by atoms with Crippen molar-refractivity contribution in [3.8, 4) is 0 Å². The maximum atomic E-state index is 7.63. The molecule has 1 saturated heterocycles. The van der Waals surface area contributed by atoms with Crippen molar-refractivity contribution >= 4 is 5.84 Å². The number of ether oxygens (including phenoxy) is 2. The van der Waals surface area contributed by atoms with Crippen LogP contribution in [-0.2, 0) is 9.47 Å². The van der Waals surface area contributed by atoms with Crippen molar-refractivity contribution in [3.63, 3.8) is 0 Å². The summed E-state index contributed by atoms with van der Waals surface area (Å²) in [5.41, 5.74) is 0. The summed E-state index contributed by atoms with van der Waals surface area (Å²) in [6.45, 7) is 1.79. The van der Waals surface area contributed by atoms with E-state index < -0.39 is 6.29 Å². The van der Waals surface area contributed by atoms with Gasteiger partial charge in [-0.15, -0.1) is 0 Å². The Labute approximate surface area is 72.1 Å². The summed E-state index contributed by atoms with van der Waals surface area (Å²) in [5.74, 6) is 0.363. The summed E-state index contributed by atoms with van der Waals surface area (Å²) in [6, 6.07) is 0. The predicted molar refractivity (Wildman–Crippen MR) is 45.1 cm³/mol. The molecular weight excluding hydrogens is 158 g/mol. The average Bonchev–Trinajstić information content (AvgIpc) is 2.55. The summed E-state index contributed by atoms with van der Waals surface area (Å²) in [7, 11) is 3.66. The highest BCUT2D eigenvalue weighted by molar-refractivity contribution is 5.82. The van der Waals surface area contributed by atoms with E-state index in [0.717, 1.165) is 0 Å². The Morgan fingerprint density at radius 2 is 2.17 bits per heavy atom. The number of nitrogens with one attached hydrogen (secondary N) is 2. The van der Waals surface area contributed by atoms with Crippen LogP contribution in [0.3, 0.4) is 0 Å². The quantitative estimate of drug-likeness (QED) is 0.341. The first-order valence-corrected chi connectivity index (χ1v) is 3.93. The standard InChI is InChI=1S/C7H15N3O2/c1-9-5-10(2)6(8)7-11-3-4-12-7/h7-9H,3-5H2,1-2H3. The van der Waals surface area contributed by atoms with Crippen LogP contribution in [-0.4, -0.2) is 51.0 Å². The van der Waals surface area contributed by atoms with Gasteiger partial charge < -0.3 is 19.7 Å². The fourth-order valence-electron chi connectivity index (χ4n) is 1.02. The number of hydrogen-bond donors (Lipinski definition) is 2. The number of amidine groups is 1. The van der Waals surface area contributed by atoms with Gasteiger partial charge in [0, 0.05) is 7.05 Å². The van der Waals surface area contributed by atoms with E-state index in [4.69, 9.17) is 14.9 Å². The third-order valence-corrected chi connectivity index (χ3v) is 1.65. The second-order valence-electron chi connectivity index (χ2n) is 2.67. The molecule has 0 amide bonds. The van der Waals surface area contributed by atoms with Gasteiger partial charge in [-0.05, 0) is 7.05 Å². The van der Waals surface area contributed by atoms with Crippen LogP contribution >= 0.6 is 0 Å². The van der Waals surface area contributed by atoms with Gasteiger partial charge in [-0.1, -0.05) is 0 Å². The molecule has 0 aromatic rings. The molecular formula is C7H15N3O2. The Hall–Kier alpha value is -0.650. The molecule has 0 aromatic carbocycles. The van der Waals surface area contributed by atoms with Gasteiger partial charge in [-0.25, -0.2) is 0 Å². The highest BCUT2D eigenvalue weighted by atomic mass is 16.7. The Kier molecular flexibility index (Phi) is 3.46. The minimum Gasteiger partial charge on any atom is -0.347 e. The maximum Gasteiger partial charge on any atom is 0.216 e. The lowest BCUT2D eigenvalue weighted by molar-refractivity contribution is 0.00546. The fourth-order valence-corrected chi connectivity index (χ4v) is 1.02. The molecule has 0 radical (unpaired) electrons. The van der Waals surface area contributed by atoms with Gasteiger partial charge in [0.1, 0.15) is 0 Å². The van der Waals surface area contributed by atoms with E-state index in [1.165, 1.54) is 0 Å². The van der Waals surface area contributed by atoms with Gasteiger partial charge >= 0.3 is 0 Å². The van der Waals surface area contributed by atoms with Crippen molar-refractivity contribution in [3.05, 3.63) is 0 Å². The highest BCUT2D eigenvalue weighted by Gasteiger charge is 2.23. The van der Waals surface area contributed by atoms with Gasteiger partial charge in [-0.2, -0.15) is 0 Å². The van der Waals surface area contributed by atoms with Crippen LogP contribution in [0.15, 0.2) is 0 Å². The van der Waals surface area contributed by atoms with Crippen LogP contribution in [0.4, 0.5) is 0 Å². The van der Waals surface area contributed by atoms with E-state index in [1.807, 2.05) is 14.1 Å². The molecule has 2 N–H and O–H groups in total. The number of hydrogen-bond acceptors (Lipinski definition) is 4. The van der Waals surface area contributed by atoms with Crippen LogP contribution in [0.1, 0.15) is 0 Å². The molecule has 1 aliphatic heterocycles. The second kappa shape index (κ2) is 4.39. The van der Waals surface area contributed by atoms with Gasteiger partial charge in [0.25, 0.3) is 0 Å². The molecule has 5 heteroatoms. The molecule has 0 saturated carbocycles. The third kappa shape index (κ3) is 2.17. The van der Waals surface area contributed by atoms with Crippen LogP contribution in [0.25, 0.3) is 0 Å². The van der Waals surface area contributed by atoms with Crippen molar-refractivity contribution in [2.75, 3.05) is 34.0 Å². The van der Waals surface area contributed by atoms with Crippen LogP contribution in [0.5, 0.6) is 0 Å². The highest BCUT2D eigenvalue weighted by Crippen LogP contribution is 2.06. The van der Waals surface area contributed by atoms with Gasteiger partial charge in [0.15, 0.2) is 5.84 Å². The van der Waals surface area contributed by atoms with E-state index in [2.05, 4.69) is 5.32 Å². The van der Waals surface area contributed by atoms with E-state index in [-0.39, 0.29) is 0 Å². The molecule has 1 rings (SSSR count). The Bertz CT molecular complexity index is 157. The smallest absolute Gasteiger partial charge is 0.216 e. The molecule has 5 nitrogen and oxygen atoms in total. The lowest BCUT2D eigenvalue weighted by atomic mass is 10.5. The van der Waals surface area contributed by atoms with E-state index >= 15 is 0 Å². The molecule has 12 heavy (non-hydrogen) atoms. The molecule has 70 valence electrons. The maximum absolute atomic E-state index is 7.63. The predicted octanol–water partition coefficient (Wildman–Crippen LogP) is -0.555.